The molecule has 0 aliphatic heterocycles. The summed E-state index contributed by atoms with van der Waals surface area (Å²) in [7, 11) is 0. The molecule has 0 saturated heterocycles. The zero-order valence-electron chi connectivity index (χ0n) is 11.1. The number of hydrogen-bond donors (Lipinski definition) is 1. The van der Waals surface area contributed by atoms with Gasteiger partial charge in [-0.3, -0.25) is 4.68 Å². The van der Waals surface area contributed by atoms with Crippen LogP contribution in [0.1, 0.15) is 32.6 Å². The summed E-state index contributed by atoms with van der Waals surface area (Å²) in [5.74, 6) is 5.83. The van der Waals surface area contributed by atoms with Gasteiger partial charge >= 0.3 is 0 Å². The van der Waals surface area contributed by atoms with E-state index in [4.69, 9.17) is 10.5 Å². The molecular formula is C14H23N3O. The van der Waals surface area contributed by atoms with E-state index < -0.39 is 0 Å². The van der Waals surface area contributed by atoms with Crippen LogP contribution in [0.15, 0.2) is 18.5 Å². The van der Waals surface area contributed by atoms with Crippen molar-refractivity contribution in [3.8, 4) is 11.8 Å². The minimum atomic E-state index is 0.177. The van der Waals surface area contributed by atoms with Gasteiger partial charge in [-0.15, -0.1) is 11.8 Å². The van der Waals surface area contributed by atoms with Gasteiger partial charge in [0.15, 0.2) is 0 Å². The van der Waals surface area contributed by atoms with E-state index in [1.807, 2.05) is 23.9 Å². The third-order valence-corrected chi connectivity index (χ3v) is 2.64. The molecule has 0 spiro atoms. The molecule has 0 amide bonds. The number of unbranched alkanes of at least 4 members (excludes halogenated alkanes) is 1. The lowest BCUT2D eigenvalue weighted by molar-refractivity contribution is 0.135. The Morgan fingerprint density at radius 1 is 1.39 bits per heavy atom. The van der Waals surface area contributed by atoms with Crippen molar-refractivity contribution in [1.29, 1.82) is 0 Å². The Balaban J connectivity index is 1.92. The molecule has 1 unspecified atom stereocenters. The molecule has 0 bridgehead atoms. The number of rotatable bonds is 9. The van der Waals surface area contributed by atoms with Crippen LogP contribution < -0.4 is 5.73 Å². The molecule has 1 atom stereocenters. The standard InChI is InChI=1S/C14H23N3O/c1-2-3-5-11-18-12-6-4-8-14(15)13-17-10-7-9-16-17/h7,9-10,14H,4-6,8,11-13,15H2,1H3. The van der Waals surface area contributed by atoms with Gasteiger partial charge in [0, 0.05) is 31.5 Å². The fourth-order valence-electron chi connectivity index (χ4n) is 1.70. The lowest BCUT2D eigenvalue weighted by Crippen LogP contribution is -2.26. The van der Waals surface area contributed by atoms with Crippen molar-refractivity contribution >= 4 is 0 Å². The Kier molecular flexibility index (Phi) is 7.94. The highest BCUT2D eigenvalue weighted by atomic mass is 16.5. The summed E-state index contributed by atoms with van der Waals surface area (Å²) in [4.78, 5) is 0. The van der Waals surface area contributed by atoms with Crippen LogP contribution in [0.2, 0.25) is 0 Å². The van der Waals surface area contributed by atoms with Gasteiger partial charge < -0.3 is 10.5 Å². The van der Waals surface area contributed by atoms with Crippen molar-refractivity contribution in [2.75, 3.05) is 13.2 Å². The normalized spacial score (nSPS) is 11.9. The van der Waals surface area contributed by atoms with Gasteiger partial charge in [0.25, 0.3) is 0 Å². The Morgan fingerprint density at radius 3 is 3.00 bits per heavy atom. The van der Waals surface area contributed by atoms with E-state index in [0.717, 1.165) is 45.4 Å². The summed E-state index contributed by atoms with van der Waals surface area (Å²) in [6, 6.07) is 2.09. The second-order valence-corrected chi connectivity index (χ2v) is 4.27. The number of aromatic nitrogens is 2. The van der Waals surface area contributed by atoms with Crippen molar-refractivity contribution in [2.45, 2.75) is 45.2 Å². The molecule has 4 nitrogen and oxygen atoms in total. The molecule has 0 radical (unpaired) electrons. The Bertz CT molecular complexity index is 351. The van der Waals surface area contributed by atoms with E-state index in [2.05, 4.69) is 16.9 Å². The molecule has 18 heavy (non-hydrogen) atoms. The predicted molar refractivity (Wildman–Crippen MR) is 72.9 cm³/mol. The van der Waals surface area contributed by atoms with Gasteiger partial charge in [-0.1, -0.05) is 0 Å². The summed E-state index contributed by atoms with van der Waals surface area (Å²) in [5, 5.41) is 4.14. The summed E-state index contributed by atoms with van der Waals surface area (Å²) in [5.41, 5.74) is 6.03. The van der Waals surface area contributed by atoms with Crippen LogP contribution in [0.3, 0.4) is 0 Å². The Hall–Kier alpha value is -1.31. The van der Waals surface area contributed by atoms with Gasteiger partial charge in [0.2, 0.25) is 0 Å². The van der Waals surface area contributed by atoms with Crippen LogP contribution in [0, 0.1) is 11.8 Å². The molecule has 0 aliphatic rings. The van der Waals surface area contributed by atoms with Crippen molar-refractivity contribution < 1.29 is 4.74 Å². The smallest absolute Gasteiger partial charge is 0.0575 e. The van der Waals surface area contributed by atoms with E-state index in [1.165, 1.54) is 0 Å². The maximum absolute atomic E-state index is 6.03. The highest BCUT2D eigenvalue weighted by molar-refractivity contribution is 4.94. The second kappa shape index (κ2) is 9.69. The first kappa shape index (κ1) is 14.7. The molecule has 1 aromatic heterocycles. The van der Waals surface area contributed by atoms with Crippen LogP contribution in [0.4, 0.5) is 0 Å². The minimum Gasteiger partial charge on any atom is -0.380 e. The van der Waals surface area contributed by atoms with Crippen LogP contribution in [0.5, 0.6) is 0 Å². The van der Waals surface area contributed by atoms with Gasteiger partial charge in [-0.2, -0.15) is 5.10 Å². The van der Waals surface area contributed by atoms with Gasteiger partial charge in [0.1, 0.15) is 0 Å². The minimum absolute atomic E-state index is 0.177. The maximum Gasteiger partial charge on any atom is 0.0575 e. The zero-order valence-corrected chi connectivity index (χ0v) is 11.1. The molecular weight excluding hydrogens is 226 g/mol. The summed E-state index contributed by atoms with van der Waals surface area (Å²) >= 11 is 0. The fraction of sp³-hybridized carbons (Fsp3) is 0.643. The van der Waals surface area contributed by atoms with E-state index in [-0.39, 0.29) is 6.04 Å². The van der Waals surface area contributed by atoms with E-state index >= 15 is 0 Å². The van der Waals surface area contributed by atoms with Gasteiger partial charge in [-0.25, -0.2) is 0 Å². The molecule has 0 fully saturated rings. The molecule has 100 valence electrons. The number of nitrogens with zero attached hydrogens (tertiary/aromatic N) is 2. The topological polar surface area (TPSA) is 53.1 Å². The van der Waals surface area contributed by atoms with Crippen molar-refractivity contribution in [3.05, 3.63) is 18.5 Å². The molecule has 1 rings (SSSR count). The summed E-state index contributed by atoms with van der Waals surface area (Å²) in [6.07, 6.45) is 7.72. The first-order chi connectivity index (χ1) is 8.83. The van der Waals surface area contributed by atoms with Gasteiger partial charge in [-0.05, 0) is 32.3 Å². The summed E-state index contributed by atoms with van der Waals surface area (Å²) < 4.78 is 7.34. The van der Waals surface area contributed by atoms with Crippen molar-refractivity contribution in [2.24, 2.45) is 5.73 Å². The van der Waals surface area contributed by atoms with Crippen LogP contribution >= 0.6 is 0 Å². The quantitative estimate of drug-likeness (QED) is 0.536. The lowest BCUT2D eigenvalue weighted by atomic mass is 10.1. The summed E-state index contributed by atoms with van der Waals surface area (Å²) in [6.45, 7) is 4.18. The first-order valence-corrected chi connectivity index (χ1v) is 6.53. The number of ether oxygens (including phenoxy) is 1. The van der Waals surface area contributed by atoms with Crippen LogP contribution in [0.25, 0.3) is 0 Å². The maximum atomic E-state index is 6.03. The predicted octanol–water partition coefficient (Wildman–Crippen LogP) is 1.81. The largest absolute Gasteiger partial charge is 0.380 e. The van der Waals surface area contributed by atoms with Gasteiger partial charge in [0.05, 0.1) is 13.2 Å². The SMILES string of the molecule is CC#CCCOCCCCC(N)Cn1cccn1. The highest BCUT2D eigenvalue weighted by Crippen LogP contribution is 2.02. The molecule has 1 aromatic rings. The third kappa shape index (κ3) is 7.10. The van der Waals surface area contributed by atoms with E-state index in [9.17, 15) is 0 Å². The Morgan fingerprint density at radius 2 is 2.28 bits per heavy atom. The van der Waals surface area contributed by atoms with E-state index in [1.54, 1.807) is 6.20 Å². The zero-order chi connectivity index (χ0) is 13.1. The second-order valence-electron chi connectivity index (χ2n) is 4.27. The molecule has 0 aromatic carbocycles. The first-order valence-electron chi connectivity index (χ1n) is 6.53. The fourth-order valence-corrected chi connectivity index (χ4v) is 1.70. The molecule has 1 heterocycles. The van der Waals surface area contributed by atoms with Crippen molar-refractivity contribution in [1.82, 2.24) is 9.78 Å². The lowest BCUT2D eigenvalue weighted by Gasteiger charge is -2.11. The average Bonchev–Trinajstić information content (AvgIpc) is 2.85. The van der Waals surface area contributed by atoms with Crippen LogP contribution in [-0.2, 0) is 11.3 Å². The number of hydrogen-bond acceptors (Lipinski definition) is 3. The van der Waals surface area contributed by atoms with E-state index in [0.29, 0.717) is 0 Å². The molecule has 0 saturated carbocycles. The third-order valence-electron chi connectivity index (χ3n) is 2.64. The monoisotopic (exact) mass is 249 g/mol. The molecule has 2 N–H and O–H groups in total. The molecule has 0 aliphatic carbocycles. The van der Waals surface area contributed by atoms with Crippen molar-refractivity contribution in [3.63, 3.8) is 0 Å². The average molecular weight is 249 g/mol. The number of nitrogens with two attached hydrogens (primary N) is 1. The highest BCUT2D eigenvalue weighted by Gasteiger charge is 2.03. The Labute approximate surface area is 110 Å². The molecule has 4 heteroatoms. The van der Waals surface area contributed by atoms with Crippen LogP contribution in [-0.4, -0.2) is 29.0 Å².